The molecule has 0 bridgehead atoms. The zero-order chi connectivity index (χ0) is 21.1. The molecule has 0 aliphatic carbocycles. The lowest BCUT2D eigenvalue weighted by Crippen LogP contribution is -2.47. The van der Waals surface area contributed by atoms with Gasteiger partial charge in [0.2, 0.25) is 20.0 Å². The molecule has 0 spiro atoms. The highest BCUT2D eigenvalue weighted by atomic mass is 32.2. The van der Waals surface area contributed by atoms with E-state index in [4.69, 9.17) is 0 Å². The molecule has 0 aromatic carbocycles. The smallest absolute Gasteiger partial charge is 0.244 e. The van der Waals surface area contributed by atoms with Gasteiger partial charge in [0.1, 0.15) is 10.7 Å². The van der Waals surface area contributed by atoms with E-state index in [2.05, 4.69) is 19.5 Å². The number of nitrogens with zero attached hydrogens (tertiary/aromatic N) is 4. The Morgan fingerprint density at radius 3 is 2.24 bits per heavy atom. The van der Waals surface area contributed by atoms with Crippen LogP contribution in [0.25, 0.3) is 0 Å². The van der Waals surface area contributed by atoms with E-state index in [1.165, 1.54) is 10.5 Å². The maximum atomic E-state index is 12.8. The number of piperidine rings is 1. The third kappa shape index (κ3) is 5.66. The Bertz CT molecular complexity index is 873. The first-order valence-corrected chi connectivity index (χ1v) is 13.2. The summed E-state index contributed by atoms with van der Waals surface area (Å²) in [6, 6.07) is 3.30. The van der Waals surface area contributed by atoms with Crippen molar-refractivity contribution in [1.29, 1.82) is 0 Å². The van der Waals surface area contributed by atoms with Crippen molar-refractivity contribution >= 4 is 25.9 Å². The molecule has 1 aromatic rings. The molecule has 2 fully saturated rings. The van der Waals surface area contributed by atoms with Crippen LogP contribution in [0.5, 0.6) is 0 Å². The third-order valence-corrected chi connectivity index (χ3v) is 8.98. The van der Waals surface area contributed by atoms with Gasteiger partial charge in [0.15, 0.2) is 0 Å². The molecule has 3 rings (SSSR count). The summed E-state index contributed by atoms with van der Waals surface area (Å²) in [7, 11) is -4.74. The minimum absolute atomic E-state index is 0.0558. The van der Waals surface area contributed by atoms with Crippen LogP contribution < -0.4 is 9.62 Å². The molecule has 0 atom stereocenters. The first-order chi connectivity index (χ1) is 13.7. The number of anilines is 1. The normalized spacial score (nSPS) is 20.8. The average molecular weight is 446 g/mol. The largest absolute Gasteiger partial charge is 0.357 e. The summed E-state index contributed by atoms with van der Waals surface area (Å²) >= 11 is 0. The Labute approximate surface area is 174 Å². The van der Waals surface area contributed by atoms with Gasteiger partial charge in [-0.1, -0.05) is 6.92 Å². The topological polar surface area (TPSA) is 103 Å². The van der Waals surface area contributed by atoms with E-state index in [-0.39, 0.29) is 16.7 Å². The summed E-state index contributed by atoms with van der Waals surface area (Å²) in [6.07, 6.45) is 3.43. The zero-order valence-corrected chi connectivity index (χ0v) is 18.8. The Morgan fingerprint density at radius 1 is 1.03 bits per heavy atom. The molecule has 1 aromatic heterocycles. The molecule has 2 aliphatic heterocycles. The number of hydrogen-bond acceptors (Lipinski definition) is 7. The number of nitrogens with one attached hydrogen (secondary N) is 1. The number of pyridine rings is 1. The van der Waals surface area contributed by atoms with Crippen LogP contribution in [0.3, 0.4) is 0 Å². The van der Waals surface area contributed by atoms with Gasteiger partial charge in [-0.3, -0.25) is 0 Å². The molecule has 9 nitrogen and oxygen atoms in total. The van der Waals surface area contributed by atoms with Gasteiger partial charge in [-0.2, -0.15) is 4.31 Å². The predicted octanol–water partition coefficient (Wildman–Crippen LogP) is 0.316. The fourth-order valence-electron chi connectivity index (χ4n) is 3.70. The maximum Gasteiger partial charge on any atom is 0.244 e. The van der Waals surface area contributed by atoms with Crippen LogP contribution in [0, 0.1) is 0 Å². The van der Waals surface area contributed by atoms with Crippen LogP contribution in [-0.2, 0) is 20.0 Å². The number of piperazine rings is 1. The van der Waals surface area contributed by atoms with Crippen LogP contribution in [0.15, 0.2) is 23.2 Å². The molecule has 3 heterocycles. The molecule has 2 aliphatic rings. The monoisotopic (exact) mass is 445 g/mol. The van der Waals surface area contributed by atoms with Gasteiger partial charge in [-0.25, -0.2) is 26.5 Å². The van der Waals surface area contributed by atoms with Crippen molar-refractivity contribution in [3.63, 3.8) is 0 Å². The van der Waals surface area contributed by atoms with Crippen molar-refractivity contribution in [2.24, 2.45) is 0 Å². The van der Waals surface area contributed by atoms with E-state index in [1.54, 1.807) is 12.1 Å². The van der Waals surface area contributed by atoms with Crippen LogP contribution in [0.1, 0.15) is 26.2 Å². The van der Waals surface area contributed by atoms with E-state index < -0.39 is 20.0 Å². The standard InChI is InChI=1S/C18H31N5O4S2/c1-3-14-28(24,25)20-16-6-8-22(9-7-16)18-5-4-17(15-19-18)29(26,27)23-12-10-21(2)11-13-23/h4-5,15-16,20H,3,6-14H2,1-2H3. The van der Waals surface area contributed by atoms with E-state index in [1.807, 2.05) is 14.0 Å². The zero-order valence-electron chi connectivity index (χ0n) is 17.1. The van der Waals surface area contributed by atoms with Gasteiger partial charge in [-0.15, -0.1) is 0 Å². The Balaban J connectivity index is 1.58. The second-order valence-electron chi connectivity index (χ2n) is 7.76. The molecule has 2 saturated heterocycles. The van der Waals surface area contributed by atoms with E-state index in [0.29, 0.717) is 45.4 Å². The molecule has 0 unspecified atom stereocenters. The van der Waals surface area contributed by atoms with E-state index >= 15 is 0 Å². The fraction of sp³-hybridized carbons (Fsp3) is 0.722. The second-order valence-corrected chi connectivity index (χ2v) is 11.6. The minimum Gasteiger partial charge on any atom is -0.357 e. The van der Waals surface area contributed by atoms with Crippen molar-refractivity contribution in [2.75, 3.05) is 57.0 Å². The SMILES string of the molecule is CCCS(=O)(=O)NC1CCN(c2ccc(S(=O)(=O)N3CCN(C)CC3)cn2)CC1. The molecule has 0 radical (unpaired) electrons. The van der Waals surface area contributed by atoms with Crippen LogP contribution in [-0.4, -0.2) is 89.1 Å². The van der Waals surface area contributed by atoms with Gasteiger partial charge >= 0.3 is 0 Å². The first-order valence-electron chi connectivity index (χ1n) is 10.1. The number of sulfonamides is 2. The van der Waals surface area contributed by atoms with Gasteiger partial charge in [0, 0.05) is 51.5 Å². The summed E-state index contributed by atoms with van der Waals surface area (Å²) < 4.78 is 53.7. The fourth-order valence-corrected chi connectivity index (χ4v) is 6.46. The van der Waals surface area contributed by atoms with Gasteiger partial charge in [0.25, 0.3) is 0 Å². The van der Waals surface area contributed by atoms with Crippen LogP contribution >= 0.6 is 0 Å². The third-order valence-electron chi connectivity index (χ3n) is 5.46. The van der Waals surface area contributed by atoms with Crippen molar-refractivity contribution < 1.29 is 16.8 Å². The van der Waals surface area contributed by atoms with Crippen molar-refractivity contribution in [1.82, 2.24) is 18.9 Å². The molecular weight excluding hydrogens is 414 g/mol. The number of rotatable bonds is 7. The maximum absolute atomic E-state index is 12.8. The second kappa shape index (κ2) is 9.25. The molecule has 29 heavy (non-hydrogen) atoms. The Hall–Kier alpha value is -1.27. The molecule has 1 N–H and O–H groups in total. The Kier molecular flexibility index (Phi) is 7.15. The quantitative estimate of drug-likeness (QED) is 0.644. The van der Waals surface area contributed by atoms with E-state index in [0.717, 1.165) is 18.9 Å². The summed E-state index contributed by atoms with van der Waals surface area (Å²) in [5, 5.41) is 0. The number of hydrogen-bond donors (Lipinski definition) is 1. The predicted molar refractivity (Wildman–Crippen MR) is 113 cm³/mol. The van der Waals surface area contributed by atoms with Crippen LogP contribution in [0.4, 0.5) is 5.82 Å². The highest BCUT2D eigenvalue weighted by Crippen LogP contribution is 2.22. The van der Waals surface area contributed by atoms with Crippen molar-refractivity contribution in [3.05, 3.63) is 18.3 Å². The summed E-state index contributed by atoms with van der Waals surface area (Å²) in [4.78, 5) is 8.77. The van der Waals surface area contributed by atoms with Gasteiger partial charge in [0.05, 0.1) is 5.75 Å². The van der Waals surface area contributed by atoms with E-state index in [9.17, 15) is 16.8 Å². The average Bonchev–Trinajstić information content (AvgIpc) is 2.69. The lowest BCUT2D eigenvalue weighted by atomic mass is 10.1. The summed E-state index contributed by atoms with van der Waals surface area (Å²) in [5.41, 5.74) is 0. The molecule has 164 valence electrons. The molecule has 0 amide bonds. The summed E-state index contributed by atoms with van der Waals surface area (Å²) in [5.74, 6) is 0.870. The van der Waals surface area contributed by atoms with Crippen molar-refractivity contribution in [2.45, 2.75) is 37.1 Å². The lowest BCUT2D eigenvalue weighted by Gasteiger charge is -2.33. The minimum atomic E-state index is -3.52. The van der Waals surface area contributed by atoms with Crippen molar-refractivity contribution in [3.8, 4) is 0 Å². The van der Waals surface area contributed by atoms with Gasteiger partial charge < -0.3 is 9.80 Å². The number of likely N-dealkylation sites (N-methyl/N-ethyl adjacent to an activating group) is 1. The molecule has 11 heteroatoms. The molecule has 0 saturated carbocycles. The first kappa shape index (κ1) is 22.4. The van der Waals surface area contributed by atoms with Gasteiger partial charge in [-0.05, 0) is 38.4 Å². The van der Waals surface area contributed by atoms with Crippen LogP contribution in [0.2, 0.25) is 0 Å². The number of aromatic nitrogens is 1. The Morgan fingerprint density at radius 2 is 1.69 bits per heavy atom. The highest BCUT2D eigenvalue weighted by Gasteiger charge is 2.28. The molecular formula is C18H31N5O4S2. The highest BCUT2D eigenvalue weighted by molar-refractivity contribution is 7.89. The lowest BCUT2D eigenvalue weighted by molar-refractivity contribution is 0.222. The summed E-state index contributed by atoms with van der Waals surface area (Å²) in [6.45, 7) is 5.63.